The van der Waals surface area contributed by atoms with Crippen molar-refractivity contribution in [2.24, 2.45) is 0 Å². The van der Waals surface area contributed by atoms with Crippen LogP contribution in [0.2, 0.25) is 0 Å². The Hall–Kier alpha value is -1.40. The number of rotatable bonds is 1. The molecule has 0 aliphatic rings. The summed E-state index contributed by atoms with van der Waals surface area (Å²) in [6, 6.07) is 0. The number of hydrogen-bond acceptors (Lipinski definition) is 0. The molecule has 0 unspecified atom stereocenters. The molecule has 0 nitrogen and oxygen atoms in total. The highest BCUT2D eigenvalue weighted by Crippen LogP contribution is 1.72. The normalized spacial score (nSPS) is 9.25. The van der Waals surface area contributed by atoms with Gasteiger partial charge in [0.05, 0.1) is 0 Å². The molecule has 8 heavy (non-hydrogen) atoms. The molecular weight excluding hydrogens is 96.1 g/mol. The van der Waals surface area contributed by atoms with E-state index in [2.05, 4.69) is 11.8 Å². The smallest absolute Gasteiger partial charge is 0.0121 e. The van der Waals surface area contributed by atoms with Crippen LogP contribution >= 0.6 is 0 Å². The van der Waals surface area contributed by atoms with Gasteiger partial charge in [0.15, 0.2) is 0 Å². The molecule has 0 radical (unpaired) electrons. The summed E-state index contributed by atoms with van der Waals surface area (Å²) in [6.45, 7) is 0. The van der Waals surface area contributed by atoms with E-state index in [9.17, 15) is 0 Å². The standard InChI is InChI=1S/C8H6/c1-3-5-7-8-6-4-2/h1-2,5-8H/b7-5-,8-6-. The molecule has 0 aromatic rings. The largest absolute Gasteiger partial charge is 0.115 e. The van der Waals surface area contributed by atoms with Crippen LogP contribution < -0.4 is 0 Å². The van der Waals surface area contributed by atoms with E-state index < -0.39 is 0 Å². The molecule has 0 saturated carbocycles. The third kappa shape index (κ3) is 4.60. The van der Waals surface area contributed by atoms with Gasteiger partial charge in [-0.2, -0.15) is 0 Å². The summed E-state index contributed by atoms with van der Waals surface area (Å²) >= 11 is 0. The Morgan fingerprint density at radius 2 is 1.25 bits per heavy atom. The minimum atomic E-state index is 1.58. The van der Waals surface area contributed by atoms with Crippen LogP contribution in [0.1, 0.15) is 0 Å². The molecule has 0 atom stereocenters. The maximum Gasteiger partial charge on any atom is -0.0121 e. The van der Waals surface area contributed by atoms with E-state index >= 15 is 0 Å². The summed E-state index contributed by atoms with van der Waals surface area (Å²) in [7, 11) is 0. The van der Waals surface area contributed by atoms with E-state index in [4.69, 9.17) is 12.8 Å². The minimum absolute atomic E-state index is 1.58. The maximum absolute atomic E-state index is 4.89. The quantitative estimate of drug-likeness (QED) is 0.346. The number of terminal acetylenes is 2. The van der Waals surface area contributed by atoms with Crippen molar-refractivity contribution in [1.29, 1.82) is 0 Å². The van der Waals surface area contributed by atoms with Gasteiger partial charge in [0.1, 0.15) is 0 Å². The first-order valence-electron chi connectivity index (χ1n) is 2.15. The van der Waals surface area contributed by atoms with E-state index in [1.165, 1.54) is 0 Å². The van der Waals surface area contributed by atoms with Gasteiger partial charge in [-0.15, -0.1) is 12.8 Å². The van der Waals surface area contributed by atoms with Crippen molar-refractivity contribution in [3.8, 4) is 24.7 Å². The Balaban J connectivity index is 3.51. The van der Waals surface area contributed by atoms with E-state index in [0.717, 1.165) is 0 Å². The Kier molecular flexibility index (Phi) is 4.62. The lowest BCUT2D eigenvalue weighted by Gasteiger charge is -1.63. The first-order chi connectivity index (χ1) is 3.91. The van der Waals surface area contributed by atoms with Crippen LogP contribution in [0.5, 0.6) is 0 Å². The minimum Gasteiger partial charge on any atom is -0.115 e. The van der Waals surface area contributed by atoms with Crippen LogP contribution in [0.3, 0.4) is 0 Å². The van der Waals surface area contributed by atoms with Crippen molar-refractivity contribution < 1.29 is 0 Å². The molecule has 0 bridgehead atoms. The molecule has 38 valence electrons. The molecule has 0 heterocycles. The van der Waals surface area contributed by atoms with Crippen molar-refractivity contribution >= 4 is 0 Å². The molecule has 0 aliphatic heterocycles. The van der Waals surface area contributed by atoms with Crippen molar-refractivity contribution in [2.75, 3.05) is 0 Å². The van der Waals surface area contributed by atoms with Crippen LogP contribution in [0.15, 0.2) is 24.3 Å². The zero-order chi connectivity index (χ0) is 6.24. The lowest BCUT2D eigenvalue weighted by atomic mass is 10.4. The predicted octanol–water partition coefficient (Wildman–Crippen LogP) is 1.37. The monoisotopic (exact) mass is 102 g/mol. The zero-order valence-electron chi connectivity index (χ0n) is 4.46. The summed E-state index contributed by atoms with van der Waals surface area (Å²) in [5, 5.41) is 0. The molecule has 0 heteroatoms. The second-order valence-electron chi connectivity index (χ2n) is 1.05. The van der Waals surface area contributed by atoms with Gasteiger partial charge in [-0.05, 0) is 12.2 Å². The second-order valence-corrected chi connectivity index (χ2v) is 1.05. The maximum atomic E-state index is 4.89. The summed E-state index contributed by atoms with van der Waals surface area (Å²) in [5.41, 5.74) is 0. The fraction of sp³-hybridized carbons (Fsp3) is 0. The van der Waals surface area contributed by atoms with Crippen LogP contribution in [0.25, 0.3) is 0 Å². The highest BCUT2D eigenvalue weighted by molar-refractivity contribution is 5.20. The average Bonchev–Trinajstić information content (AvgIpc) is 1.81. The molecule has 0 rings (SSSR count). The Morgan fingerprint density at radius 3 is 1.50 bits per heavy atom. The van der Waals surface area contributed by atoms with Gasteiger partial charge in [0.2, 0.25) is 0 Å². The number of allylic oxidation sites excluding steroid dienone is 4. The van der Waals surface area contributed by atoms with E-state index in [1.807, 2.05) is 0 Å². The lowest BCUT2D eigenvalue weighted by molar-refractivity contribution is 1.99. The van der Waals surface area contributed by atoms with Gasteiger partial charge >= 0.3 is 0 Å². The van der Waals surface area contributed by atoms with Gasteiger partial charge in [0.25, 0.3) is 0 Å². The fourth-order valence-electron chi connectivity index (χ4n) is 0.222. The van der Waals surface area contributed by atoms with E-state index in [1.54, 1.807) is 24.3 Å². The van der Waals surface area contributed by atoms with Gasteiger partial charge in [-0.3, -0.25) is 0 Å². The van der Waals surface area contributed by atoms with Crippen LogP contribution in [0, 0.1) is 24.7 Å². The summed E-state index contributed by atoms with van der Waals surface area (Å²) in [4.78, 5) is 0. The van der Waals surface area contributed by atoms with Crippen molar-refractivity contribution in [3.63, 3.8) is 0 Å². The van der Waals surface area contributed by atoms with Crippen molar-refractivity contribution in [2.45, 2.75) is 0 Å². The van der Waals surface area contributed by atoms with Crippen molar-refractivity contribution in [3.05, 3.63) is 24.3 Å². The molecule has 0 aromatic heterocycles. The van der Waals surface area contributed by atoms with Crippen LogP contribution in [-0.4, -0.2) is 0 Å². The Bertz CT molecular complexity index is 147. The summed E-state index contributed by atoms with van der Waals surface area (Å²) in [5.74, 6) is 4.65. The van der Waals surface area contributed by atoms with Crippen LogP contribution in [0.4, 0.5) is 0 Å². The summed E-state index contributed by atoms with van der Waals surface area (Å²) < 4.78 is 0. The van der Waals surface area contributed by atoms with Gasteiger partial charge < -0.3 is 0 Å². The van der Waals surface area contributed by atoms with Crippen molar-refractivity contribution in [1.82, 2.24) is 0 Å². The average molecular weight is 102 g/mol. The molecule has 0 fully saturated rings. The van der Waals surface area contributed by atoms with E-state index in [-0.39, 0.29) is 0 Å². The van der Waals surface area contributed by atoms with Crippen LogP contribution in [-0.2, 0) is 0 Å². The predicted molar refractivity (Wildman–Crippen MR) is 35.9 cm³/mol. The molecule has 0 spiro atoms. The molecule has 0 N–H and O–H groups in total. The zero-order valence-corrected chi connectivity index (χ0v) is 4.46. The third-order valence-electron chi connectivity index (χ3n) is 0.496. The highest BCUT2D eigenvalue weighted by atomic mass is 13.6. The second kappa shape index (κ2) is 5.60. The molecule has 0 amide bonds. The molecule has 0 aliphatic carbocycles. The highest BCUT2D eigenvalue weighted by Gasteiger charge is 1.54. The fourth-order valence-corrected chi connectivity index (χ4v) is 0.222. The Labute approximate surface area is 49.9 Å². The molecule has 0 aromatic carbocycles. The first kappa shape index (κ1) is 6.60. The van der Waals surface area contributed by atoms with Gasteiger partial charge in [0, 0.05) is 0 Å². The Morgan fingerprint density at radius 1 is 0.875 bits per heavy atom. The molecular formula is C8H6. The first-order valence-corrected chi connectivity index (χ1v) is 2.15. The molecule has 0 saturated heterocycles. The third-order valence-corrected chi connectivity index (χ3v) is 0.496. The van der Waals surface area contributed by atoms with Gasteiger partial charge in [-0.1, -0.05) is 24.0 Å². The summed E-state index contributed by atoms with van der Waals surface area (Å²) in [6.07, 6.45) is 16.3. The lowest BCUT2D eigenvalue weighted by Crippen LogP contribution is -1.46. The number of hydrogen-bond donors (Lipinski definition) is 0. The van der Waals surface area contributed by atoms with Gasteiger partial charge in [-0.25, -0.2) is 0 Å². The van der Waals surface area contributed by atoms with E-state index in [0.29, 0.717) is 0 Å². The topological polar surface area (TPSA) is 0 Å². The SMILES string of the molecule is C#C/C=C\C=C/C#C.